The number of nitrogens with zero attached hydrogens (tertiary/aromatic N) is 1. The van der Waals surface area contributed by atoms with Crippen molar-refractivity contribution in [2.45, 2.75) is 32.3 Å². The third-order valence-corrected chi connectivity index (χ3v) is 5.67. The molecule has 0 radical (unpaired) electrons. The van der Waals surface area contributed by atoms with Crippen molar-refractivity contribution in [3.05, 3.63) is 65.7 Å². The standard InChI is InChI=1S/C24H31N3O3/c1-27(2)22-14-12-20(13-15-22)23(28)25-16-18-8-10-21(11-9-18)24(29)26-30-17-19-6-4-3-5-7-19/h3-7,12-15,18,21H,8-11,16-17H2,1-2H3,(H,25,28)(H,26,29). The average Bonchev–Trinajstić information content (AvgIpc) is 2.78. The second kappa shape index (κ2) is 10.8. The molecule has 3 rings (SSSR count). The van der Waals surface area contributed by atoms with Gasteiger partial charge < -0.3 is 10.2 Å². The second-order valence-corrected chi connectivity index (χ2v) is 8.11. The van der Waals surface area contributed by atoms with Crippen molar-refractivity contribution in [2.75, 3.05) is 25.5 Å². The van der Waals surface area contributed by atoms with Crippen LogP contribution in [0.3, 0.4) is 0 Å². The molecule has 0 bridgehead atoms. The summed E-state index contributed by atoms with van der Waals surface area (Å²) in [7, 11) is 3.95. The van der Waals surface area contributed by atoms with Crippen molar-refractivity contribution in [1.29, 1.82) is 0 Å². The van der Waals surface area contributed by atoms with Crippen LogP contribution in [0.15, 0.2) is 54.6 Å². The molecule has 0 atom stereocenters. The largest absolute Gasteiger partial charge is 0.378 e. The zero-order valence-corrected chi connectivity index (χ0v) is 17.8. The van der Waals surface area contributed by atoms with Crippen LogP contribution in [0.5, 0.6) is 0 Å². The quantitative estimate of drug-likeness (QED) is 0.655. The van der Waals surface area contributed by atoms with E-state index in [1.165, 1.54) is 0 Å². The molecule has 1 aliphatic rings. The summed E-state index contributed by atoms with van der Waals surface area (Å²) >= 11 is 0. The summed E-state index contributed by atoms with van der Waals surface area (Å²) in [5, 5.41) is 3.04. The Labute approximate surface area is 178 Å². The van der Waals surface area contributed by atoms with Crippen LogP contribution in [-0.4, -0.2) is 32.5 Å². The van der Waals surface area contributed by atoms with E-state index in [0.717, 1.165) is 36.9 Å². The van der Waals surface area contributed by atoms with Gasteiger partial charge in [-0.05, 0) is 61.4 Å². The van der Waals surface area contributed by atoms with Crippen LogP contribution in [-0.2, 0) is 16.2 Å². The van der Waals surface area contributed by atoms with E-state index in [1.807, 2.05) is 73.6 Å². The minimum atomic E-state index is -0.0469. The van der Waals surface area contributed by atoms with E-state index >= 15 is 0 Å². The maximum absolute atomic E-state index is 12.4. The topological polar surface area (TPSA) is 70.7 Å². The maximum Gasteiger partial charge on any atom is 0.251 e. The molecule has 0 spiro atoms. The SMILES string of the molecule is CN(C)c1ccc(C(=O)NCC2CCC(C(=O)NOCc3ccccc3)CC2)cc1. The van der Waals surface area contributed by atoms with Crippen LogP contribution >= 0.6 is 0 Å². The van der Waals surface area contributed by atoms with Crippen molar-refractivity contribution in [1.82, 2.24) is 10.8 Å². The van der Waals surface area contributed by atoms with Gasteiger partial charge in [0.25, 0.3) is 5.91 Å². The molecule has 2 aromatic rings. The van der Waals surface area contributed by atoms with Gasteiger partial charge in [0.1, 0.15) is 0 Å². The summed E-state index contributed by atoms with van der Waals surface area (Å²) in [6.45, 7) is 1.01. The first kappa shape index (κ1) is 21.8. The van der Waals surface area contributed by atoms with Gasteiger partial charge in [0.2, 0.25) is 5.91 Å². The van der Waals surface area contributed by atoms with E-state index < -0.39 is 0 Å². The first-order valence-corrected chi connectivity index (χ1v) is 10.5. The third kappa shape index (κ3) is 6.32. The number of carbonyl (C=O) groups is 2. The Kier molecular flexibility index (Phi) is 7.85. The molecule has 1 fully saturated rings. The second-order valence-electron chi connectivity index (χ2n) is 8.11. The first-order valence-electron chi connectivity index (χ1n) is 10.5. The Bertz CT molecular complexity index is 813. The summed E-state index contributed by atoms with van der Waals surface area (Å²) in [6.07, 6.45) is 3.49. The number of rotatable bonds is 8. The highest BCUT2D eigenvalue weighted by Gasteiger charge is 2.26. The van der Waals surface area contributed by atoms with Crippen molar-refractivity contribution in [3.8, 4) is 0 Å². The molecular formula is C24H31N3O3. The molecule has 0 heterocycles. The highest BCUT2D eigenvalue weighted by Crippen LogP contribution is 2.28. The minimum Gasteiger partial charge on any atom is -0.378 e. The molecule has 1 aliphatic carbocycles. The van der Waals surface area contributed by atoms with Crippen molar-refractivity contribution >= 4 is 17.5 Å². The zero-order valence-electron chi connectivity index (χ0n) is 17.8. The molecule has 30 heavy (non-hydrogen) atoms. The van der Waals surface area contributed by atoms with Gasteiger partial charge in [0, 0.05) is 37.8 Å². The van der Waals surface area contributed by atoms with Crippen molar-refractivity contribution < 1.29 is 14.4 Å². The molecule has 0 saturated heterocycles. The van der Waals surface area contributed by atoms with Gasteiger partial charge in [0.05, 0.1) is 6.61 Å². The Balaban J connectivity index is 1.34. The van der Waals surface area contributed by atoms with Crippen LogP contribution in [0.4, 0.5) is 5.69 Å². The zero-order chi connectivity index (χ0) is 21.3. The van der Waals surface area contributed by atoms with Gasteiger partial charge in [-0.3, -0.25) is 14.4 Å². The van der Waals surface area contributed by atoms with Crippen LogP contribution in [0.2, 0.25) is 0 Å². The molecule has 6 heteroatoms. The Morgan fingerprint density at radius 3 is 2.27 bits per heavy atom. The van der Waals surface area contributed by atoms with Crippen LogP contribution in [0.25, 0.3) is 0 Å². The highest BCUT2D eigenvalue weighted by molar-refractivity contribution is 5.94. The molecule has 0 aromatic heterocycles. The Morgan fingerprint density at radius 1 is 0.967 bits per heavy atom. The van der Waals surface area contributed by atoms with E-state index in [1.54, 1.807) is 0 Å². The molecule has 2 aromatic carbocycles. The number of anilines is 1. The summed E-state index contributed by atoms with van der Waals surface area (Å²) in [6, 6.07) is 17.3. The van der Waals surface area contributed by atoms with Crippen LogP contribution in [0.1, 0.15) is 41.6 Å². The molecule has 1 saturated carbocycles. The lowest BCUT2D eigenvalue weighted by Gasteiger charge is -2.27. The summed E-state index contributed by atoms with van der Waals surface area (Å²) in [5.74, 6) is 0.291. The summed E-state index contributed by atoms with van der Waals surface area (Å²) < 4.78 is 0. The van der Waals surface area contributed by atoms with Crippen LogP contribution < -0.4 is 15.7 Å². The number of carbonyl (C=O) groups excluding carboxylic acids is 2. The van der Waals surface area contributed by atoms with Gasteiger partial charge in [0.15, 0.2) is 0 Å². The lowest BCUT2D eigenvalue weighted by molar-refractivity contribution is -0.140. The fourth-order valence-electron chi connectivity index (χ4n) is 3.73. The fraction of sp³-hybridized carbons (Fsp3) is 0.417. The lowest BCUT2D eigenvalue weighted by atomic mass is 9.81. The predicted octanol–water partition coefficient (Wildman–Crippen LogP) is 3.54. The van der Waals surface area contributed by atoms with E-state index in [4.69, 9.17) is 4.84 Å². The lowest BCUT2D eigenvalue weighted by Crippen LogP contribution is -2.36. The molecule has 2 N–H and O–H groups in total. The number of hydrogen-bond acceptors (Lipinski definition) is 4. The molecule has 0 unspecified atom stereocenters. The Hall–Kier alpha value is -2.86. The van der Waals surface area contributed by atoms with Gasteiger partial charge in [-0.25, -0.2) is 5.48 Å². The molecule has 6 nitrogen and oxygen atoms in total. The van der Waals surface area contributed by atoms with Gasteiger partial charge in [-0.2, -0.15) is 0 Å². The van der Waals surface area contributed by atoms with E-state index in [-0.39, 0.29) is 17.7 Å². The molecular weight excluding hydrogens is 378 g/mol. The minimum absolute atomic E-state index is 0.0219. The normalized spacial score (nSPS) is 18.5. The molecule has 0 aliphatic heterocycles. The third-order valence-electron chi connectivity index (χ3n) is 5.67. The van der Waals surface area contributed by atoms with E-state index in [0.29, 0.717) is 24.6 Å². The summed E-state index contributed by atoms with van der Waals surface area (Å²) in [4.78, 5) is 32.0. The molecule has 2 amide bonds. The predicted molar refractivity (Wildman–Crippen MR) is 118 cm³/mol. The van der Waals surface area contributed by atoms with Crippen molar-refractivity contribution in [2.24, 2.45) is 11.8 Å². The number of hydroxylamine groups is 1. The van der Waals surface area contributed by atoms with Gasteiger partial charge in [-0.1, -0.05) is 30.3 Å². The van der Waals surface area contributed by atoms with Gasteiger partial charge >= 0.3 is 0 Å². The van der Waals surface area contributed by atoms with E-state index in [9.17, 15) is 9.59 Å². The number of nitrogens with one attached hydrogen (secondary N) is 2. The number of hydrogen-bond donors (Lipinski definition) is 2. The Morgan fingerprint density at radius 2 is 1.63 bits per heavy atom. The monoisotopic (exact) mass is 409 g/mol. The van der Waals surface area contributed by atoms with E-state index in [2.05, 4.69) is 10.8 Å². The summed E-state index contributed by atoms with van der Waals surface area (Å²) in [5.41, 5.74) is 5.35. The highest BCUT2D eigenvalue weighted by atomic mass is 16.6. The average molecular weight is 410 g/mol. The number of benzene rings is 2. The van der Waals surface area contributed by atoms with Gasteiger partial charge in [-0.15, -0.1) is 0 Å². The first-order chi connectivity index (χ1) is 14.5. The number of amides is 2. The van der Waals surface area contributed by atoms with Crippen molar-refractivity contribution in [3.63, 3.8) is 0 Å². The fourth-order valence-corrected chi connectivity index (χ4v) is 3.73. The smallest absolute Gasteiger partial charge is 0.251 e. The maximum atomic E-state index is 12.4. The molecule has 160 valence electrons. The van der Waals surface area contributed by atoms with Crippen LogP contribution in [0, 0.1) is 11.8 Å².